The van der Waals surface area contributed by atoms with E-state index in [0.29, 0.717) is 11.3 Å². The lowest BCUT2D eigenvalue weighted by Crippen LogP contribution is -2.30. The minimum absolute atomic E-state index is 0.0361. The Morgan fingerprint density at radius 1 is 1.11 bits per heavy atom. The Balaban J connectivity index is 2.07. The molecule has 0 unspecified atom stereocenters. The highest BCUT2D eigenvalue weighted by molar-refractivity contribution is 6.33. The summed E-state index contributed by atoms with van der Waals surface area (Å²) in [5.41, 5.74) is -0.806. The van der Waals surface area contributed by atoms with Crippen molar-refractivity contribution in [1.29, 1.82) is 0 Å². The third-order valence-corrected chi connectivity index (χ3v) is 3.84. The van der Waals surface area contributed by atoms with Crippen LogP contribution in [0.4, 0.5) is 18.9 Å². The molecule has 5 nitrogen and oxygen atoms in total. The molecule has 0 radical (unpaired) electrons. The normalized spacial score (nSPS) is 12.2. The first-order chi connectivity index (χ1) is 12.6. The summed E-state index contributed by atoms with van der Waals surface area (Å²) in [6, 6.07) is 8.46. The Hall–Kier alpha value is -2.74. The van der Waals surface area contributed by atoms with Gasteiger partial charge in [-0.2, -0.15) is 13.2 Å². The van der Waals surface area contributed by atoms with Gasteiger partial charge in [0.2, 0.25) is 0 Å². The van der Waals surface area contributed by atoms with Crippen molar-refractivity contribution in [2.24, 2.45) is 0 Å². The standard InChI is InChI=1S/C18H15ClF3NO4/c1-10(27-13-6-3-11(4-7-13)17(25)26-2)16(24)23-15-9-12(18(20,21)22)5-8-14(15)19/h3-10H,1-2H3,(H,23,24)/t10-/m1/s1. The van der Waals surface area contributed by atoms with Crippen LogP contribution >= 0.6 is 11.6 Å². The van der Waals surface area contributed by atoms with Gasteiger partial charge in [-0.15, -0.1) is 0 Å². The summed E-state index contributed by atoms with van der Waals surface area (Å²) in [6.07, 6.45) is -5.59. The lowest BCUT2D eigenvalue weighted by atomic mass is 10.2. The van der Waals surface area contributed by atoms with Crippen molar-refractivity contribution in [3.05, 3.63) is 58.6 Å². The second-order valence-electron chi connectivity index (χ2n) is 5.46. The fourth-order valence-corrected chi connectivity index (χ4v) is 2.24. The summed E-state index contributed by atoms with van der Waals surface area (Å²) in [4.78, 5) is 23.6. The molecule has 144 valence electrons. The van der Waals surface area contributed by atoms with Crippen LogP contribution in [-0.4, -0.2) is 25.1 Å². The van der Waals surface area contributed by atoms with E-state index in [1.807, 2.05) is 0 Å². The van der Waals surface area contributed by atoms with E-state index in [1.54, 1.807) is 0 Å². The molecule has 0 saturated heterocycles. The first kappa shape index (κ1) is 20.6. The maximum absolute atomic E-state index is 12.8. The summed E-state index contributed by atoms with van der Waals surface area (Å²) in [6.45, 7) is 1.42. The van der Waals surface area contributed by atoms with Gasteiger partial charge in [0.15, 0.2) is 6.10 Å². The van der Waals surface area contributed by atoms with Gasteiger partial charge in [-0.25, -0.2) is 4.79 Å². The van der Waals surface area contributed by atoms with E-state index in [1.165, 1.54) is 38.3 Å². The van der Waals surface area contributed by atoms with Gasteiger partial charge in [-0.3, -0.25) is 4.79 Å². The lowest BCUT2D eigenvalue weighted by Gasteiger charge is -2.16. The molecule has 2 aromatic rings. The minimum Gasteiger partial charge on any atom is -0.481 e. The van der Waals surface area contributed by atoms with Crippen LogP contribution in [0, 0.1) is 0 Å². The Morgan fingerprint density at radius 3 is 2.30 bits per heavy atom. The maximum Gasteiger partial charge on any atom is 0.416 e. The number of carbonyl (C=O) groups is 2. The molecule has 0 saturated carbocycles. The van der Waals surface area contributed by atoms with Gasteiger partial charge >= 0.3 is 12.1 Å². The molecule has 2 rings (SSSR count). The minimum atomic E-state index is -4.56. The average Bonchev–Trinajstić information content (AvgIpc) is 2.62. The van der Waals surface area contributed by atoms with E-state index in [2.05, 4.69) is 10.1 Å². The number of halogens is 4. The Morgan fingerprint density at radius 2 is 1.74 bits per heavy atom. The predicted octanol–water partition coefficient (Wildman–Crippen LogP) is 4.55. The molecule has 0 heterocycles. The molecule has 0 fully saturated rings. The topological polar surface area (TPSA) is 64.6 Å². The Bertz CT molecular complexity index is 837. The molecular weight excluding hydrogens is 387 g/mol. The van der Waals surface area contributed by atoms with Crippen molar-refractivity contribution < 1.29 is 32.2 Å². The second-order valence-corrected chi connectivity index (χ2v) is 5.86. The number of esters is 1. The number of alkyl halides is 3. The van der Waals surface area contributed by atoms with E-state index in [4.69, 9.17) is 16.3 Å². The van der Waals surface area contributed by atoms with Crippen LogP contribution in [0.1, 0.15) is 22.8 Å². The maximum atomic E-state index is 12.8. The van der Waals surface area contributed by atoms with E-state index < -0.39 is 29.7 Å². The summed E-state index contributed by atoms with van der Waals surface area (Å²) < 4.78 is 48.3. The second kappa shape index (κ2) is 8.30. The largest absolute Gasteiger partial charge is 0.481 e. The number of rotatable bonds is 5. The highest BCUT2D eigenvalue weighted by Gasteiger charge is 2.31. The van der Waals surface area contributed by atoms with E-state index in [0.717, 1.165) is 18.2 Å². The van der Waals surface area contributed by atoms with Crippen LogP contribution in [0.15, 0.2) is 42.5 Å². The molecule has 0 aliphatic heterocycles. The zero-order chi connectivity index (χ0) is 20.2. The van der Waals surface area contributed by atoms with E-state index >= 15 is 0 Å². The zero-order valence-corrected chi connectivity index (χ0v) is 15.0. The SMILES string of the molecule is COC(=O)c1ccc(O[C@H](C)C(=O)Nc2cc(C(F)(F)F)ccc2Cl)cc1. The highest BCUT2D eigenvalue weighted by Crippen LogP contribution is 2.33. The van der Waals surface area contributed by atoms with Crippen LogP contribution in [0.5, 0.6) is 5.75 Å². The number of benzene rings is 2. The predicted molar refractivity (Wildman–Crippen MR) is 93.0 cm³/mol. The molecule has 9 heteroatoms. The van der Waals surface area contributed by atoms with Gasteiger partial charge < -0.3 is 14.8 Å². The van der Waals surface area contributed by atoms with Crippen molar-refractivity contribution in [2.45, 2.75) is 19.2 Å². The molecule has 2 aromatic carbocycles. The molecular formula is C18H15ClF3NO4. The van der Waals surface area contributed by atoms with Crippen LogP contribution < -0.4 is 10.1 Å². The molecule has 1 N–H and O–H groups in total. The number of methoxy groups -OCH3 is 1. The van der Waals surface area contributed by atoms with Crippen LogP contribution in [-0.2, 0) is 15.7 Å². The van der Waals surface area contributed by atoms with Crippen molar-refractivity contribution in [1.82, 2.24) is 0 Å². The molecule has 0 aromatic heterocycles. The van der Waals surface area contributed by atoms with Gasteiger partial charge in [-0.05, 0) is 49.4 Å². The fraction of sp³-hybridized carbons (Fsp3) is 0.222. The molecule has 0 spiro atoms. The van der Waals surface area contributed by atoms with Gasteiger partial charge in [0.25, 0.3) is 5.91 Å². The number of hydrogen-bond acceptors (Lipinski definition) is 4. The third-order valence-electron chi connectivity index (χ3n) is 3.51. The van der Waals surface area contributed by atoms with Crippen LogP contribution in [0.3, 0.4) is 0 Å². The number of anilines is 1. The first-order valence-corrected chi connectivity index (χ1v) is 8.02. The monoisotopic (exact) mass is 401 g/mol. The van der Waals surface area contributed by atoms with Gasteiger partial charge in [-0.1, -0.05) is 11.6 Å². The molecule has 0 aliphatic rings. The van der Waals surface area contributed by atoms with E-state index in [-0.39, 0.29) is 10.7 Å². The smallest absolute Gasteiger partial charge is 0.416 e. The van der Waals surface area contributed by atoms with Gasteiger partial charge in [0.05, 0.1) is 28.9 Å². The Labute approximate surface area is 158 Å². The molecule has 27 heavy (non-hydrogen) atoms. The zero-order valence-electron chi connectivity index (χ0n) is 14.3. The Kier molecular flexibility index (Phi) is 6.32. The number of carbonyl (C=O) groups excluding carboxylic acids is 2. The summed E-state index contributed by atoms with van der Waals surface area (Å²) in [5.74, 6) is -0.916. The fourth-order valence-electron chi connectivity index (χ4n) is 2.08. The summed E-state index contributed by atoms with van der Waals surface area (Å²) in [5, 5.41) is 2.28. The molecule has 0 aliphatic carbocycles. The van der Waals surface area contributed by atoms with Crippen molar-refractivity contribution in [3.63, 3.8) is 0 Å². The summed E-state index contributed by atoms with van der Waals surface area (Å²) >= 11 is 5.85. The summed E-state index contributed by atoms with van der Waals surface area (Å²) in [7, 11) is 1.25. The quantitative estimate of drug-likeness (QED) is 0.746. The number of ether oxygens (including phenoxy) is 2. The van der Waals surface area contributed by atoms with Crippen molar-refractivity contribution in [2.75, 3.05) is 12.4 Å². The van der Waals surface area contributed by atoms with Gasteiger partial charge in [0, 0.05) is 0 Å². The first-order valence-electron chi connectivity index (χ1n) is 7.64. The highest BCUT2D eigenvalue weighted by atomic mass is 35.5. The van der Waals surface area contributed by atoms with Crippen molar-refractivity contribution >= 4 is 29.2 Å². The van der Waals surface area contributed by atoms with Crippen LogP contribution in [0.2, 0.25) is 5.02 Å². The van der Waals surface area contributed by atoms with Gasteiger partial charge in [0.1, 0.15) is 5.75 Å². The molecule has 1 amide bonds. The average molecular weight is 402 g/mol. The number of nitrogens with one attached hydrogen (secondary N) is 1. The number of amides is 1. The number of hydrogen-bond donors (Lipinski definition) is 1. The lowest BCUT2D eigenvalue weighted by molar-refractivity contribution is -0.137. The van der Waals surface area contributed by atoms with Crippen LogP contribution in [0.25, 0.3) is 0 Å². The molecule has 1 atom stereocenters. The van der Waals surface area contributed by atoms with Crippen molar-refractivity contribution in [3.8, 4) is 5.75 Å². The third kappa shape index (κ3) is 5.37. The molecule has 0 bridgehead atoms. The van der Waals surface area contributed by atoms with E-state index in [9.17, 15) is 22.8 Å².